The number of amides is 1. The number of nitrogens with one attached hydrogen (secondary N) is 2. The van der Waals surface area contributed by atoms with Gasteiger partial charge < -0.3 is 10.6 Å². The molecule has 0 radical (unpaired) electrons. The first-order valence-corrected chi connectivity index (χ1v) is 7.30. The van der Waals surface area contributed by atoms with Crippen molar-refractivity contribution in [2.75, 3.05) is 17.2 Å². The maximum Gasteiger partial charge on any atom is 0.226 e. The molecule has 20 heavy (non-hydrogen) atoms. The third-order valence-corrected chi connectivity index (χ3v) is 3.65. The minimum Gasteiger partial charge on any atom is -0.384 e. The Hall–Kier alpha value is -1.81. The van der Waals surface area contributed by atoms with E-state index in [4.69, 9.17) is 0 Å². The summed E-state index contributed by atoms with van der Waals surface area (Å²) in [4.78, 5) is 11.9. The van der Waals surface area contributed by atoms with E-state index < -0.39 is 0 Å². The first-order valence-electron chi connectivity index (χ1n) is 6.50. The van der Waals surface area contributed by atoms with Crippen LogP contribution in [0.15, 0.2) is 53.0 Å². The molecule has 3 nitrogen and oxygen atoms in total. The Bertz CT molecular complexity index is 599. The van der Waals surface area contributed by atoms with Crippen molar-refractivity contribution in [3.8, 4) is 0 Å². The number of aryl methyl sites for hydroxylation is 1. The van der Waals surface area contributed by atoms with E-state index in [1.54, 1.807) is 0 Å². The summed E-state index contributed by atoms with van der Waals surface area (Å²) < 4.78 is 0.889. The van der Waals surface area contributed by atoms with Gasteiger partial charge in [0.1, 0.15) is 0 Å². The number of benzene rings is 2. The lowest BCUT2D eigenvalue weighted by Gasteiger charge is -2.10. The van der Waals surface area contributed by atoms with Gasteiger partial charge >= 0.3 is 0 Å². The minimum absolute atomic E-state index is 0.00187. The molecule has 0 saturated heterocycles. The van der Waals surface area contributed by atoms with Crippen molar-refractivity contribution < 1.29 is 4.79 Å². The SMILES string of the molecule is Cc1ccccc1NCCC(=O)Nc1ccccc1Br. The number of halogens is 1. The van der Waals surface area contributed by atoms with Gasteiger partial charge in [0.05, 0.1) is 5.69 Å². The third kappa shape index (κ3) is 4.10. The normalized spacial score (nSPS) is 10.1. The summed E-state index contributed by atoms with van der Waals surface area (Å²) >= 11 is 3.41. The average Bonchev–Trinajstić information content (AvgIpc) is 2.43. The van der Waals surface area contributed by atoms with Gasteiger partial charge in [0.15, 0.2) is 0 Å². The zero-order valence-electron chi connectivity index (χ0n) is 11.3. The molecule has 0 aliphatic carbocycles. The van der Waals surface area contributed by atoms with Crippen LogP contribution in [0.25, 0.3) is 0 Å². The first-order chi connectivity index (χ1) is 9.66. The van der Waals surface area contributed by atoms with Crippen molar-refractivity contribution in [1.29, 1.82) is 0 Å². The molecule has 0 unspecified atom stereocenters. The van der Waals surface area contributed by atoms with E-state index in [9.17, 15) is 4.79 Å². The van der Waals surface area contributed by atoms with E-state index in [0.29, 0.717) is 13.0 Å². The Morgan fingerprint density at radius 2 is 1.70 bits per heavy atom. The molecule has 1 amide bonds. The van der Waals surface area contributed by atoms with Crippen molar-refractivity contribution in [3.05, 3.63) is 58.6 Å². The molecule has 2 aromatic rings. The van der Waals surface area contributed by atoms with Gasteiger partial charge in [-0.2, -0.15) is 0 Å². The summed E-state index contributed by atoms with van der Waals surface area (Å²) in [6, 6.07) is 15.6. The Morgan fingerprint density at radius 1 is 1.05 bits per heavy atom. The topological polar surface area (TPSA) is 41.1 Å². The zero-order chi connectivity index (χ0) is 14.4. The van der Waals surface area contributed by atoms with Gasteiger partial charge in [-0.1, -0.05) is 30.3 Å². The highest BCUT2D eigenvalue weighted by Gasteiger charge is 2.05. The van der Waals surface area contributed by atoms with Crippen LogP contribution in [0.3, 0.4) is 0 Å². The van der Waals surface area contributed by atoms with Crippen LogP contribution in [0.1, 0.15) is 12.0 Å². The minimum atomic E-state index is -0.00187. The second-order valence-electron chi connectivity index (χ2n) is 4.52. The van der Waals surface area contributed by atoms with Gasteiger partial charge in [0, 0.05) is 23.1 Å². The van der Waals surface area contributed by atoms with Gasteiger partial charge in [0.2, 0.25) is 5.91 Å². The van der Waals surface area contributed by atoms with E-state index in [-0.39, 0.29) is 5.91 Å². The second-order valence-corrected chi connectivity index (χ2v) is 5.37. The molecular weight excluding hydrogens is 316 g/mol. The predicted octanol–water partition coefficient (Wildman–Crippen LogP) is 4.20. The lowest BCUT2D eigenvalue weighted by atomic mass is 10.2. The first kappa shape index (κ1) is 14.6. The lowest BCUT2D eigenvalue weighted by Crippen LogP contribution is -2.16. The molecule has 4 heteroatoms. The summed E-state index contributed by atoms with van der Waals surface area (Å²) in [5.41, 5.74) is 3.05. The number of hydrogen-bond acceptors (Lipinski definition) is 2. The number of para-hydroxylation sites is 2. The van der Waals surface area contributed by atoms with Crippen LogP contribution in [0, 0.1) is 6.92 Å². The van der Waals surface area contributed by atoms with Gasteiger partial charge in [-0.3, -0.25) is 4.79 Å². The number of carbonyl (C=O) groups excluding carboxylic acids is 1. The summed E-state index contributed by atoms with van der Waals surface area (Å²) in [5.74, 6) is -0.00187. The molecule has 0 atom stereocenters. The van der Waals surface area contributed by atoms with Crippen molar-refractivity contribution >= 4 is 33.2 Å². The highest BCUT2D eigenvalue weighted by molar-refractivity contribution is 9.10. The molecular formula is C16H17BrN2O. The smallest absolute Gasteiger partial charge is 0.226 e. The highest BCUT2D eigenvalue weighted by atomic mass is 79.9. The van der Waals surface area contributed by atoms with Gasteiger partial charge in [-0.05, 0) is 46.6 Å². The molecule has 2 N–H and O–H groups in total. The van der Waals surface area contributed by atoms with Crippen LogP contribution in [0.5, 0.6) is 0 Å². The largest absolute Gasteiger partial charge is 0.384 e. The summed E-state index contributed by atoms with van der Waals surface area (Å²) in [6.45, 7) is 2.66. The number of anilines is 2. The van der Waals surface area contributed by atoms with Crippen LogP contribution in [-0.4, -0.2) is 12.5 Å². The number of rotatable bonds is 5. The maximum atomic E-state index is 11.9. The van der Waals surface area contributed by atoms with Crippen molar-refractivity contribution in [2.45, 2.75) is 13.3 Å². The molecule has 0 aliphatic heterocycles. The Labute approximate surface area is 127 Å². The van der Waals surface area contributed by atoms with E-state index in [2.05, 4.69) is 26.6 Å². The summed E-state index contributed by atoms with van der Waals surface area (Å²) in [5, 5.41) is 6.16. The predicted molar refractivity (Wildman–Crippen MR) is 87.1 cm³/mol. The maximum absolute atomic E-state index is 11.9. The molecule has 2 aromatic carbocycles. The van der Waals surface area contributed by atoms with Gasteiger partial charge in [0.25, 0.3) is 0 Å². The van der Waals surface area contributed by atoms with E-state index in [0.717, 1.165) is 15.8 Å². The molecule has 104 valence electrons. The quantitative estimate of drug-likeness (QED) is 0.861. The number of carbonyl (C=O) groups is 1. The number of hydrogen-bond donors (Lipinski definition) is 2. The van der Waals surface area contributed by atoms with Gasteiger partial charge in [-0.15, -0.1) is 0 Å². The standard InChI is InChI=1S/C16H17BrN2O/c1-12-6-2-4-8-14(12)18-11-10-16(20)19-15-9-5-3-7-13(15)17/h2-9,18H,10-11H2,1H3,(H,19,20). The summed E-state index contributed by atoms with van der Waals surface area (Å²) in [7, 11) is 0. The second kappa shape index (κ2) is 7.10. The summed E-state index contributed by atoms with van der Waals surface area (Å²) in [6.07, 6.45) is 0.426. The van der Waals surface area contributed by atoms with E-state index >= 15 is 0 Å². The van der Waals surface area contributed by atoms with Crippen LogP contribution in [0.4, 0.5) is 11.4 Å². The molecule has 0 saturated carbocycles. The zero-order valence-corrected chi connectivity index (χ0v) is 12.9. The fraction of sp³-hybridized carbons (Fsp3) is 0.188. The molecule has 2 rings (SSSR count). The Kier molecular flexibility index (Phi) is 5.18. The molecule has 0 bridgehead atoms. The van der Waals surface area contributed by atoms with Crippen LogP contribution < -0.4 is 10.6 Å². The van der Waals surface area contributed by atoms with Crippen LogP contribution >= 0.6 is 15.9 Å². The van der Waals surface area contributed by atoms with Crippen molar-refractivity contribution in [2.24, 2.45) is 0 Å². The van der Waals surface area contributed by atoms with Gasteiger partial charge in [-0.25, -0.2) is 0 Å². The Balaban J connectivity index is 1.82. The molecule has 0 aromatic heterocycles. The van der Waals surface area contributed by atoms with E-state index in [1.807, 2.05) is 55.5 Å². The molecule has 0 aliphatic rings. The molecule has 0 heterocycles. The lowest BCUT2D eigenvalue weighted by molar-refractivity contribution is -0.115. The highest BCUT2D eigenvalue weighted by Crippen LogP contribution is 2.21. The van der Waals surface area contributed by atoms with Crippen molar-refractivity contribution in [1.82, 2.24) is 0 Å². The molecule has 0 fully saturated rings. The van der Waals surface area contributed by atoms with E-state index in [1.165, 1.54) is 5.56 Å². The fourth-order valence-electron chi connectivity index (χ4n) is 1.86. The molecule has 0 spiro atoms. The average molecular weight is 333 g/mol. The fourth-order valence-corrected chi connectivity index (χ4v) is 2.24. The van der Waals surface area contributed by atoms with Crippen LogP contribution in [0.2, 0.25) is 0 Å². The monoisotopic (exact) mass is 332 g/mol. The Morgan fingerprint density at radius 3 is 2.40 bits per heavy atom. The van der Waals surface area contributed by atoms with Crippen molar-refractivity contribution in [3.63, 3.8) is 0 Å². The van der Waals surface area contributed by atoms with Crippen LogP contribution in [-0.2, 0) is 4.79 Å². The third-order valence-electron chi connectivity index (χ3n) is 2.96.